The molecule has 0 bridgehead atoms. The number of hydrogen-bond donors (Lipinski definition) is 1. The van der Waals surface area contributed by atoms with E-state index in [9.17, 15) is 8.42 Å². The maximum atomic E-state index is 12.4. The van der Waals surface area contributed by atoms with Gasteiger partial charge < -0.3 is 5.73 Å². The van der Waals surface area contributed by atoms with E-state index in [-0.39, 0.29) is 15.7 Å². The van der Waals surface area contributed by atoms with E-state index in [1.165, 1.54) is 16.8 Å². The lowest BCUT2D eigenvalue weighted by Gasteiger charge is -2.03. The summed E-state index contributed by atoms with van der Waals surface area (Å²) in [5.74, 6) is 0.0143. The molecule has 0 saturated carbocycles. The van der Waals surface area contributed by atoms with Crippen molar-refractivity contribution in [1.82, 2.24) is 15.0 Å². The minimum Gasteiger partial charge on any atom is -0.381 e. The van der Waals surface area contributed by atoms with Gasteiger partial charge in [0.25, 0.3) is 0 Å². The first-order valence-electron chi connectivity index (χ1n) is 5.58. The number of sulfone groups is 1. The Morgan fingerprint density at radius 3 is 2.58 bits per heavy atom. The van der Waals surface area contributed by atoms with Gasteiger partial charge in [-0.05, 0) is 19.1 Å². The highest BCUT2D eigenvalue weighted by molar-refractivity contribution is 7.91. The predicted octanol–water partition coefficient (Wildman–Crippen LogP) is 1.19. The number of anilines is 1. The van der Waals surface area contributed by atoms with Gasteiger partial charge in [0.05, 0.1) is 11.4 Å². The normalized spacial score (nSPS) is 11.4. The molecule has 19 heavy (non-hydrogen) atoms. The molecule has 0 unspecified atom stereocenters. The Hall–Kier alpha value is -2.15. The van der Waals surface area contributed by atoms with Crippen LogP contribution in [-0.2, 0) is 16.4 Å². The van der Waals surface area contributed by atoms with Crippen molar-refractivity contribution in [2.45, 2.75) is 23.4 Å². The summed E-state index contributed by atoms with van der Waals surface area (Å²) in [4.78, 5) is 0.149. The van der Waals surface area contributed by atoms with Crippen molar-refractivity contribution in [3.63, 3.8) is 0 Å². The second-order valence-corrected chi connectivity index (χ2v) is 5.93. The van der Waals surface area contributed by atoms with Gasteiger partial charge in [0, 0.05) is 0 Å². The van der Waals surface area contributed by atoms with Crippen LogP contribution < -0.4 is 5.73 Å². The molecule has 6 nitrogen and oxygen atoms in total. The molecule has 2 rings (SSSR count). The van der Waals surface area contributed by atoms with Crippen molar-refractivity contribution in [2.75, 3.05) is 5.73 Å². The summed E-state index contributed by atoms with van der Waals surface area (Å²) < 4.78 is 26.0. The molecule has 1 aromatic carbocycles. The Bertz CT molecular complexity index is 702. The quantitative estimate of drug-likeness (QED) is 0.848. The van der Waals surface area contributed by atoms with Gasteiger partial charge in [0.2, 0.25) is 14.9 Å². The lowest BCUT2D eigenvalue weighted by atomic mass is 10.2. The predicted molar refractivity (Wildman–Crippen MR) is 71.3 cm³/mol. The largest absolute Gasteiger partial charge is 0.381 e. The molecule has 1 aromatic heterocycles. The number of allylic oxidation sites excluding steroid dienone is 1. The van der Waals surface area contributed by atoms with Crippen LogP contribution in [0.25, 0.3) is 0 Å². The Labute approximate surface area is 111 Å². The highest BCUT2D eigenvalue weighted by Crippen LogP contribution is 2.23. The number of aryl methyl sites for hydroxylation is 1. The van der Waals surface area contributed by atoms with Gasteiger partial charge in [0.1, 0.15) is 0 Å². The molecule has 0 saturated heterocycles. The number of benzene rings is 1. The number of nitrogens with zero attached hydrogens (tertiary/aromatic N) is 3. The molecular weight excluding hydrogens is 264 g/mol. The molecule has 0 atom stereocenters. The van der Waals surface area contributed by atoms with Crippen LogP contribution in [0.4, 0.5) is 5.82 Å². The molecule has 7 heteroatoms. The molecule has 2 aromatic rings. The van der Waals surface area contributed by atoms with E-state index in [0.29, 0.717) is 6.54 Å². The summed E-state index contributed by atoms with van der Waals surface area (Å²) in [5, 5.41) is 7.14. The van der Waals surface area contributed by atoms with E-state index >= 15 is 0 Å². The summed E-state index contributed by atoms with van der Waals surface area (Å²) in [5.41, 5.74) is 6.73. The van der Waals surface area contributed by atoms with Crippen molar-refractivity contribution in [1.29, 1.82) is 0 Å². The fourth-order valence-electron chi connectivity index (χ4n) is 1.58. The van der Waals surface area contributed by atoms with E-state index in [0.717, 1.165) is 5.56 Å². The fourth-order valence-corrected chi connectivity index (χ4v) is 2.82. The number of rotatable bonds is 4. The number of nitrogen functional groups attached to an aromatic ring is 1. The first kappa shape index (κ1) is 13.3. The van der Waals surface area contributed by atoms with Crippen LogP contribution in [0.1, 0.15) is 5.56 Å². The second-order valence-electron chi connectivity index (χ2n) is 4.07. The smallest absolute Gasteiger partial charge is 0.229 e. The first-order chi connectivity index (χ1) is 8.96. The number of aromatic nitrogens is 3. The molecule has 1 heterocycles. The van der Waals surface area contributed by atoms with E-state index in [4.69, 9.17) is 5.73 Å². The number of nitrogens with two attached hydrogens (primary N) is 1. The van der Waals surface area contributed by atoms with Gasteiger partial charge in [-0.3, -0.25) is 0 Å². The third kappa shape index (κ3) is 2.37. The summed E-state index contributed by atoms with van der Waals surface area (Å²) in [7, 11) is -3.74. The lowest BCUT2D eigenvalue weighted by molar-refractivity contribution is 0.592. The van der Waals surface area contributed by atoms with Crippen LogP contribution >= 0.6 is 0 Å². The molecule has 0 aliphatic carbocycles. The zero-order chi connectivity index (χ0) is 14.0. The average Bonchev–Trinajstić information content (AvgIpc) is 2.73. The third-order valence-electron chi connectivity index (χ3n) is 2.63. The van der Waals surface area contributed by atoms with Gasteiger partial charge in [-0.15, -0.1) is 11.7 Å². The molecule has 0 radical (unpaired) electrons. The van der Waals surface area contributed by atoms with Gasteiger partial charge in [-0.1, -0.05) is 29.0 Å². The topological polar surface area (TPSA) is 90.9 Å². The van der Waals surface area contributed by atoms with Crippen LogP contribution in [0.5, 0.6) is 0 Å². The van der Waals surface area contributed by atoms with Crippen molar-refractivity contribution < 1.29 is 8.42 Å². The van der Waals surface area contributed by atoms with E-state index in [2.05, 4.69) is 16.9 Å². The van der Waals surface area contributed by atoms with Crippen LogP contribution in [0.15, 0.2) is 46.8 Å². The second kappa shape index (κ2) is 4.85. The molecule has 0 aliphatic heterocycles. The zero-order valence-corrected chi connectivity index (χ0v) is 11.3. The van der Waals surface area contributed by atoms with Crippen molar-refractivity contribution in [2.24, 2.45) is 0 Å². The molecular formula is C12H14N4O2S. The highest BCUT2D eigenvalue weighted by atomic mass is 32.2. The van der Waals surface area contributed by atoms with Crippen LogP contribution in [0.3, 0.4) is 0 Å². The highest BCUT2D eigenvalue weighted by Gasteiger charge is 2.25. The molecule has 0 fully saturated rings. The Morgan fingerprint density at radius 1 is 1.37 bits per heavy atom. The first-order valence-corrected chi connectivity index (χ1v) is 7.06. The van der Waals surface area contributed by atoms with E-state index < -0.39 is 9.84 Å². The molecule has 0 amide bonds. The minimum absolute atomic E-state index is 0.0143. The van der Waals surface area contributed by atoms with Crippen molar-refractivity contribution in [3.05, 3.63) is 42.5 Å². The van der Waals surface area contributed by atoms with Crippen molar-refractivity contribution >= 4 is 15.7 Å². The van der Waals surface area contributed by atoms with Gasteiger partial charge >= 0.3 is 0 Å². The Kier molecular flexibility index (Phi) is 3.39. The SMILES string of the molecule is C=CCn1nnc(S(=O)(=O)c2ccc(C)cc2)c1N. The summed E-state index contributed by atoms with van der Waals surface area (Å²) in [6.45, 7) is 5.73. The van der Waals surface area contributed by atoms with Gasteiger partial charge in [0.15, 0.2) is 5.82 Å². The number of hydrogen-bond acceptors (Lipinski definition) is 5. The Balaban J connectivity index is 2.51. The maximum absolute atomic E-state index is 12.4. The standard InChI is InChI=1S/C12H14N4O2S/c1-3-8-16-11(13)12(14-15-16)19(17,18)10-6-4-9(2)5-7-10/h3-7H,1,8,13H2,2H3. The minimum atomic E-state index is -3.74. The molecule has 0 aliphatic rings. The summed E-state index contributed by atoms with van der Waals surface area (Å²) in [6, 6.07) is 6.49. The van der Waals surface area contributed by atoms with Gasteiger partial charge in [-0.2, -0.15) is 0 Å². The maximum Gasteiger partial charge on any atom is 0.229 e. The molecule has 0 spiro atoms. The monoisotopic (exact) mass is 278 g/mol. The van der Waals surface area contributed by atoms with Crippen LogP contribution in [-0.4, -0.2) is 23.4 Å². The lowest BCUT2D eigenvalue weighted by Crippen LogP contribution is -2.08. The van der Waals surface area contributed by atoms with Gasteiger partial charge in [-0.25, -0.2) is 13.1 Å². The zero-order valence-electron chi connectivity index (χ0n) is 10.4. The molecule has 2 N–H and O–H groups in total. The van der Waals surface area contributed by atoms with Crippen LogP contribution in [0, 0.1) is 6.92 Å². The summed E-state index contributed by atoms with van der Waals surface area (Å²) >= 11 is 0. The average molecular weight is 278 g/mol. The van der Waals surface area contributed by atoms with Crippen LogP contribution in [0.2, 0.25) is 0 Å². The summed E-state index contributed by atoms with van der Waals surface area (Å²) in [6.07, 6.45) is 1.56. The molecule has 100 valence electrons. The van der Waals surface area contributed by atoms with E-state index in [1.54, 1.807) is 18.2 Å². The van der Waals surface area contributed by atoms with Crippen molar-refractivity contribution in [3.8, 4) is 0 Å². The third-order valence-corrected chi connectivity index (χ3v) is 4.32. The fraction of sp³-hybridized carbons (Fsp3) is 0.167. The Morgan fingerprint density at radius 2 is 2.00 bits per heavy atom. The van der Waals surface area contributed by atoms with E-state index in [1.807, 2.05) is 6.92 Å².